The number of ether oxygens (including phenoxy) is 1. The smallest absolute Gasteiger partial charge is 0.337 e. The second-order valence-corrected chi connectivity index (χ2v) is 4.86. The fraction of sp³-hybridized carbons (Fsp3) is 0.417. The number of halogens is 1. The molecule has 2 aromatic rings. The minimum Gasteiger partial charge on any atom is -0.478 e. The lowest BCUT2D eigenvalue weighted by Crippen LogP contribution is -2.10. The molecule has 19 heavy (non-hydrogen) atoms. The van der Waals surface area contributed by atoms with Crippen molar-refractivity contribution in [2.75, 3.05) is 13.7 Å². The van der Waals surface area contributed by atoms with Crippen LogP contribution in [0.25, 0.3) is 5.65 Å². The van der Waals surface area contributed by atoms with E-state index in [1.807, 2.05) is 6.92 Å². The second kappa shape index (κ2) is 5.54. The Hall–Kier alpha value is -1.66. The summed E-state index contributed by atoms with van der Waals surface area (Å²) in [4.78, 5) is 11.0. The van der Waals surface area contributed by atoms with Gasteiger partial charge in [0.1, 0.15) is 5.82 Å². The minimum absolute atomic E-state index is 0.109. The molecule has 0 aliphatic carbocycles. The summed E-state index contributed by atoms with van der Waals surface area (Å²) in [5.41, 5.74) is 0.573. The van der Waals surface area contributed by atoms with Crippen molar-refractivity contribution in [1.82, 2.24) is 14.6 Å². The molecule has 102 valence electrons. The molecule has 0 amide bonds. The highest BCUT2D eigenvalue weighted by molar-refractivity contribution is 6.33. The Bertz CT molecular complexity index is 612. The highest BCUT2D eigenvalue weighted by Gasteiger charge is 2.15. The molecule has 7 heteroatoms. The molecular weight excluding hydrogens is 270 g/mol. The summed E-state index contributed by atoms with van der Waals surface area (Å²) in [5.74, 6) is -0.109. The molecule has 1 unspecified atom stereocenters. The zero-order valence-corrected chi connectivity index (χ0v) is 11.4. The van der Waals surface area contributed by atoms with Crippen molar-refractivity contribution in [3.63, 3.8) is 0 Å². The molecule has 2 heterocycles. The van der Waals surface area contributed by atoms with Crippen LogP contribution in [0.3, 0.4) is 0 Å². The van der Waals surface area contributed by atoms with Crippen molar-refractivity contribution >= 4 is 23.2 Å². The van der Waals surface area contributed by atoms with Gasteiger partial charge in [0.15, 0.2) is 5.65 Å². The molecule has 0 aromatic carbocycles. The lowest BCUT2D eigenvalue weighted by atomic mass is 10.1. The third-order valence-corrected chi connectivity index (χ3v) is 3.04. The maximum absolute atomic E-state index is 11.0. The van der Waals surface area contributed by atoms with Gasteiger partial charge in [0.05, 0.1) is 10.6 Å². The summed E-state index contributed by atoms with van der Waals surface area (Å²) in [6.07, 6.45) is 2.12. The number of carboxylic acid groups (broad SMARTS) is 1. The summed E-state index contributed by atoms with van der Waals surface area (Å²) in [6, 6.07) is 1.37. The zero-order valence-electron chi connectivity index (χ0n) is 10.6. The lowest BCUT2D eigenvalue weighted by Gasteiger charge is -2.08. The first-order valence-corrected chi connectivity index (χ1v) is 6.16. The van der Waals surface area contributed by atoms with Crippen molar-refractivity contribution in [3.8, 4) is 0 Å². The third kappa shape index (κ3) is 2.85. The molecule has 0 radical (unpaired) electrons. The maximum atomic E-state index is 11.0. The zero-order chi connectivity index (χ0) is 14.0. The standard InChI is InChI=1S/C12H14ClN3O3/c1-7(6-19-2)3-10-14-15-11-9(13)4-8(12(17)18)5-16(10)11/h4-5,7H,3,6H2,1-2H3,(H,17,18). The Kier molecular flexibility index (Phi) is 4.01. The normalized spacial score (nSPS) is 12.8. The molecule has 0 spiro atoms. The van der Waals surface area contributed by atoms with Gasteiger partial charge in [-0.1, -0.05) is 18.5 Å². The molecule has 0 saturated carbocycles. The van der Waals surface area contributed by atoms with Gasteiger partial charge in [-0.05, 0) is 12.0 Å². The van der Waals surface area contributed by atoms with Crippen LogP contribution in [-0.2, 0) is 11.2 Å². The summed E-state index contributed by atoms with van der Waals surface area (Å²) in [6.45, 7) is 2.62. The molecule has 1 N–H and O–H groups in total. The Morgan fingerprint density at radius 2 is 2.32 bits per heavy atom. The summed E-state index contributed by atoms with van der Waals surface area (Å²) >= 11 is 6.01. The van der Waals surface area contributed by atoms with E-state index in [0.717, 1.165) is 0 Å². The van der Waals surface area contributed by atoms with Crippen molar-refractivity contribution in [3.05, 3.63) is 28.7 Å². The average Bonchev–Trinajstić information content (AvgIpc) is 2.73. The molecule has 2 rings (SSSR count). The molecule has 0 bridgehead atoms. The van der Waals surface area contributed by atoms with E-state index in [1.54, 1.807) is 11.5 Å². The fourth-order valence-corrected chi connectivity index (χ4v) is 2.16. The van der Waals surface area contributed by atoms with Crippen LogP contribution < -0.4 is 0 Å². The predicted molar refractivity (Wildman–Crippen MR) is 69.7 cm³/mol. The predicted octanol–water partition coefficient (Wildman–Crippen LogP) is 1.91. The number of hydrogen-bond donors (Lipinski definition) is 1. The minimum atomic E-state index is -1.03. The number of rotatable bonds is 5. The number of carbonyl (C=O) groups is 1. The highest BCUT2D eigenvalue weighted by Crippen LogP contribution is 2.20. The van der Waals surface area contributed by atoms with Gasteiger partial charge in [0.25, 0.3) is 0 Å². The van der Waals surface area contributed by atoms with Gasteiger partial charge in [0, 0.05) is 26.3 Å². The molecule has 1 atom stereocenters. The van der Waals surface area contributed by atoms with Crippen LogP contribution in [0.1, 0.15) is 23.1 Å². The van der Waals surface area contributed by atoms with E-state index < -0.39 is 5.97 Å². The van der Waals surface area contributed by atoms with Crippen LogP contribution >= 0.6 is 11.6 Å². The maximum Gasteiger partial charge on any atom is 0.337 e. The van der Waals surface area contributed by atoms with Crippen molar-refractivity contribution in [2.45, 2.75) is 13.3 Å². The van der Waals surface area contributed by atoms with E-state index in [-0.39, 0.29) is 16.5 Å². The van der Waals surface area contributed by atoms with E-state index in [1.165, 1.54) is 12.3 Å². The molecule has 0 aliphatic rings. The van der Waals surface area contributed by atoms with Gasteiger partial charge in [-0.3, -0.25) is 4.40 Å². The average molecular weight is 284 g/mol. The number of aromatic carboxylic acids is 1. The molecule has 0 fully saturated rings. The van der Waals surface area contributed by atoms with Gasteiger partial charge in [-0.2, -0.15) is 0 Å². The van der Waals surface area contributed by atoms with Crippen LogP contribution in [0.2, 0.25) is 5.02 Å². The quantitative estimate of drug-likeness (QED) is 0.907. The number of methoxy groups -OCH3 is 1. The van der Waals surface area contributed by atoms with E-state index in [2.05, 4.69) is 10.2 Å². The fourth-order valence-electron chi connectivity index (χ4n) is 1.91. The lowest BCUT2D eigenvalue weighted by molar-refractivity contribution is 0.0696. The van der Waals surface area contributed by atoms with Gasteiger partial charge in [0.2, 0.25) is 0 Å². The largest absolute Gasteiger partial charge is 0.478 e. The topological polar surface area (TPSA) is 76.7 Å². The Labute approximate surface area is 115 Å². The number of carboxylic acids is 1. The van der Waals surface area contributed by atoms with Crippen LogP contribution in [0.15, 0.2) is 12.3 Å². The van der Waals surface area contributed by atoms with Crippen LogP contribution in [0, 0.1) is 5.92 Å². The number of pyridine rings is 1. The second-order valence-electron chi connectivity index (χ2n) is 4.46. The van der Waals surface area contributed by atoms with Crippen molar-refractivity contribution < 1.29 is 14.6 Å². The van der Waals surface area contributed by atoms with E-state index in [9.17, 15) is 4.79 Å². The Balaban J connectivity index is 2.43. The third-order valence-electron chi connectivity index (χ3n) is 2.76. The van der Waals surface area contributed by atoms with Gasteiger partial charge in [-0.15, -0.1) is 10.2 Å². The number of aromatic nitrogens is 3. The van der Waals surface area contributed by atoms with E-state index in [0.29, 0.717) is 24.5 Å². The Morgan fingerprint density at radius 1 is 1.58 bits per heavy atom. The van der Waals surface area contributed by atoms with Crippen LogP contribution in [0.5, 0.6) is 0 Å². The van der Waals surface area contributed by atoms with Crippen LogP contribution in [0.4, 0.5) is 0 Å². The molecular formula is C12H14ClN3O3. The Morgan fingerprint density at radius 3 is 2.95 bits per heavy atom. The summed E-state index contributed by atoms with van der Waals surface area (Å²) in [7, 11) is 1.64. The summed E-state index contributed by atoms with van der Waals surface area (Å²) < 4.78 is 6.70. The van der Waals surface area contributed by atoms with Crippen LogP contribution in [-0.4, -0.2) is 39.4 Å². The van der Waals surface area contributed by atoms with E-state index in [4.69, 9.17) is 21.4 Å². The highest BCUT2D eigenvalue weighted by atomic mass is 35.5. The van der Waals surface area contributed by atoms with Crippen molar-refractivity contribution in [2.24, 2.45) is 5.92 Å². The molecule has 0 saturated heterocycles. The monoisotopic (exact) mass is 283 g/mol. The van der Waals surface area contributed by atoms with Gasteiger partial charge >= 0.3 is 5.97 Å². The van der Waals surface area contributed by atoms with Gasteiger partial charge < -0.3 is 9.84 Å². The first-order valence-electron chi connectivity index (χ1n) is 5.78. The first-order chi connectivity index (χ1) is 9.02. The van der Waals surface area contributed by atoms with Crippen molar-refractivity contribution in [1.29, 1.82) is 0 Å². The molecule has 6 nitrogen and oxygen atoms in total. The molecule has 2 aromatic heterocycles. The number of hydrogen-bond acceptors (Lipinski definition) is 4. The van der Waals surface area contributed by atoms with Gasteiger partial charge in [-0.25, -0.2) is 4.79 Å². The van der Waals surface area contributed by atoms with E-state index >= 15 is 0 Å². The SMILES string of the molecule is COCC(C)Cc1nnc2c(Cl)cc(C(=O)O)cn12. The number of nitrogens with zero attached hydrogens (tertiary/aromatic N) is 3. The molecule has 0 aliphatic heterocycles. The summed E-state index contributed by atoms with van der Waals surface area (Å²) in [5, 5.41) is 17.3. The first kappa shape index (κ1) is 13.8. The number of fused-ring (bicyclic) bond motifs is 1.